The smallest absolute Gasteiger partial charge is 0.147 e. The first kappa shape index (κ1) is 22.4. The molecule has 4 aromatic rings. The van der Waals surface area contributed by atoms with E-state index in [2.05, 4.69) is 51.4 Å². The van der Waals surface area contributed by atoms with Crippen molar-refractivity contribution < 1.29 is 4.52 Å². The Bertz CT molecular complexity index is 1510. The Morgan fingerprint density at radius 3 is 2.64 bits per heavy atom. The highest BCUT2D eigenvalue weighted by molar-refractivity contribution is 6.39. The Balaban J connectivity index is 1.14. The molecule has 2 aromatic heterocycles. The molecule has 0 radical (unpaired) electrons. The number of aryl methyl sites for hydroxylation is 1. The van der Waals surface area contributed by atoms with Gasteiger partial charge < -0.3 is 9.42 Å². The van der Waals surface area contributed by atoms with Gasteiger partial charge in [0.2, 0.25) is 0 Å². The highest BCUT2D eigenvalue weighted by Crippen LogP contribution is 2.54. The van der Waals surface area contributed by atoms with Crippen LogP contribution in [0.1, 0.15) is 55.0 Å². The summed E-state index contributed by atoms with van der Waals surface area (Å²) in [7, 11) is 0. The summed E-state index contributed by atoms with van der Waals surface area (Å²) < 4.78 is 5.86. The molecule has 0 bridgehead atoms. The average molecular weight is 516 g/mol. The third-order valence-corrected chi connectivity index (χ3v) is 8.70. The minimum atomic E-state index is 0.353. The molecule has 0 atom stereocenters. The standard InChI is InChI=1S/C30H27Cl2N3O/c1-18-5-6-21-14-22(9-10-26(21)33-18)35-12-11-30(17-35)15-19(16-30)13-23-28(34-36-29(23)20-7-8-20)27-24(31)3-2-4-25(27)32/h2-6,9-10,13-14,20H,7-8,11-12,15-17H2,1H3. The van der Waals surface area contributed by atoms with Crippen LogP contribution in [0.25, 0.3) is 28.2 Å². The molecular weight excluding hydrogens is 489 g/mol. The lowest BCUT2D eigenvalue weighted by Gasteiger charge is -2.41. The maximum atomic E-state index is 6.55. The molecule has 1 saturated heterocycles. The topological polar surface area (TPSA) is 42.2 Å². The van der Waals surface area contributed by atoms with Gasteiger partial charge in [-0.1, -0.05) is 46.1 Å². The van der Waals surface area contributed by atoms with Crippen molar-refractivity contribution in [2.45, 2.75) is 44.9 Å². The highest BCUT2D eigenvalue weighted by Gasteiger charge is 2.46. The molecule has 6 heteroatoms. The van der Waals surface area contributed by atoms with Gasteiger partial charge in [-0.25, -0.2) is 0 Å². The third-order valence-electron chi connectivity index (χ3n) is 8.07. The molecule has 1 aliphatic heterocycles. The molecule has 2 aliphatic carbocycles. The van der Waals surface area contributed by atoms with Gasteiger partial charge in [-0.3, -0.25) is 4.98 Å². The molecule has 3 heterocycles. The quantitative estimate of drug-likeness (QED) is 0.273. The van der Waals surface area contributed by atoms with Gasteiger partial charge in [-0.15, -0.1) is 0 Å². The molecule has 3 fully saturated rings. The van der Waals surface area contributed by atoms with Crippen molar-refractivity contribution >= 4 is 45.9 Å². The van der Waals surface area contributed by atoms with Crippen molar-refractivity contribution in [2.75, 3.05) is 18.0 Å². The first-order valence-electron chi connectivity index (χ1n) is 12.7. The summed E-state index contributed by atoms with van der Waals surface area (Å²) in [4.78, 5) is 7.19. The second kappa shape index (κ2) is 8.36. The van der Waals surface area contributed by atoms with Crippen molar-refractivity contribution in [2.24, 2.45) is 5.41 Å². The van der Waals surface area contributed by atoms with Crippen LogP contribution in [0, 0.1) is 12.3 Å². The number of anilines is 1. The van der Waals surface area contributed by atoms with E-state index in [4.69, 9.17) is 27.7 Å². The summed E-state index contributed by atoms with van der Waals surface area (Å²) in [5, 5.41) is 6.87. The molecular formula is C30H27Cl2N3O. The van der Waals surface area contributed by atoms with E-state index in [-0.39, 0.29) is 0 Å². The van der Waals surface area contributed by atoms with E-state index in [1.807, 2.05) is 25.1 Å². The molecule has 2 aromatic carbocycles. The van der Waals surface area contributed by atoms with Gasteiger partial charge in [0.25, 0.3) is 0 Å². The maximum absolute atomic E-state index is 6.55. The zero-order chi connectivity index (χ0) is 24.4. The summed E-state index contributed by atoms with van der Waals surface area (Å²) in [6.07, 6.45) is 8.07. The van der Waals surface area contributed by atoms with Gasteiger partial charge in [0.1, 0.15) is 11.5 Å². The lowest BCUT2D eigenvalue weighted by atomic mass is 9.64. The molecule has 4 nitrogen and oxygen atoms in total. The minimum absolute atomic E-state index is 0.353. The van der Waals surface area contributed by atoms with Gasteiger partial charge in [-0.2, -0.15) is 0 Å². The van der Waals surface area contributed by atoms with E-state index >= 15 is 0 Å². The third kappa shape index (κ3) is 3.82. The summed E-state index contributed by atoms with van der Waals surface area (Å²) in [5.41, 5.74) is 7.85. The molecule has 3 aliphatic rings. The lowest BCUT2D eigenvalue weighted by Crippen LogP contribution is -2.34. The second-order valence-corrected chi connectivity index (χ2v) is 11.7. The van der Waals surface area contributed by atoms with Crippen molar-refractivity contribution in [3.8, 4) is 11.3 Å². The number of hydrogen-bond donors (Lipinski definition) is 0. The predicted molar refractivity (Wildman–Crippen MR) is 147 cm³/mol. The summed E-state index contributed by atoms with van der Waals surface area (Å²) in [6, 6.07) is 16.5. The second-order valence-electron chi connectivity index (χ2n) is 10.8. The summed E-state index contributed by atoms with van der Waals surface area (Å²) >= 11 is 13.1. The van der Waals surface area contributed by atoms with Gasteiger partial charge in [0.05, 0.1) is 15.6 Å². The molecule has 1 spiro atoms. The van der Waals surface area contributed by atoms with Crippen LogP contribution in [0.5, 0.6) is 0 Å². The Kier molecular flexibility index (Phi) is 5.20. The Labute approximate surface area is 220 Å². The first-order chi connectivity index (χ1) is 17.5. The van der Waals surface area contributed by atoms with Crippen LogP contribution in [0.15, 0.2) is 58.6 Å². The molecule has 182 valence electrons. The Morgan fingerprint density at radius 2 is 1.86 bits per heavy atom. The number of allylic oxidation sites excluding steroid dienone is 1. The first-order valence-corrected chi connectivity index (χ1v) is 13.5. The average Bonchev–Trinajstić information content (AvgIpc) is 3.46. The van der Waals surface area contributed by atoms with E-state index in [1.54, 1.807) is 0 Å². The molecule has 0 N–H and O–H groups in total. The normalized spacial score (nSPS) is 21.4. The number of aromatic nitrogens is 2. The van der Waals surface area contributed by atoms with Crippen molar-refractivity contribution in [1.82, 2.24) is 10.1 Å². The number of pyridine rings is 1. The number of benzene rings is 2. The number of hydrogen-bond acceptors (Lipinski definition) is 4. The Morgan fingerprint density at radius 1 is 1.06 bits per heavy atom. The van der Waals surface area contributed by atoms with Gasteiger partial charge in [0.15, 0.2) is 0 Å². The van der Waals surface area contributed by atoms with Crippen LogP contribution in [0.4, 0.5) is 5.69 Å². The monoisotopic (exact) mass is 515 g/mol. The molecule has 0 unspecified atom stereocenters. The van der Waals surface area contributed by atoms with Gasteiger partial charge in [0, 0.05) is 46.9 Å². The zero-order valence-corrected chi connectivity index (χ0v) is 21.7. The zero-order valence-electron chi connectivity index (χ0n) is 20.2. The lowest BCUT2D eigenvalue weighted by molar-refractivity contribution is 0.243. The fraction of sp³-hybridized carbons (Fsp3) is 0.333. The van der Waals surface area contributed by atoms with Gasteiger partial charge >= 0.3 is 0 Å². The highest BCUT2D eigenvalue weighted by atomic mass is 35.5. The molecule has 36 heavy (non-hydrogen) atoms. The SMILES string of the molecule is Cc1ccc2cc(N3CCC4(CC(=Cc5c(-c6c(Cl)cccc6Cl)noc5C5CC5)C4)C3)ccc2n1. The number of nitrogens with zero attached hydrogens (tertiary/aromatic N) is 3. The van der Waals surface area contributed by atoms with E-state index in [0.717, 1.165) is 72.6 Å². The van der Waals surface area contributed by atoms with Crippen LogP contribution in [-0.4, -0.2) is 23.2 Å². The van der Waals surface area contributed by atoms with Crippen LogP contribution in [-0.2, 0) is 0 Å². The number of fused-ring (bicyclic) bond motifs is 1. The number of halogens is 2. The maximum Gasteiger partial charge on any atom is 0.147 e. The largest absolute Gasteiger partial charge is 0.371 e. The van der Waals surface area contributed by atoms with Crippen molar-refractivity contribution in [3.05, 3.63) is 81.2 Å². The van der Waals surface area contributed by atoms with E-state index < -0.39 is 0 Å². The van der Waals surface area contributed by atoms with Crippen LogP contribution in [0.2, 0.25) is 10.0 Å². The van der Waals surface area contributed by atoms with Crippen molar-refractivity contribution in [1.29, 1.82) is 0 Å². The fourth-order valence-corrected chi connectivity index (χ4v) is 6.64. The Hall–Kier alpha value is -2.82. The molecule has 0 amide bonds. The fourth-order valence-electron chi connectivity index (χ4n) is 6.07. The van der Waals surface area contributed by atoms with E-state index in [9.17, 15) is 0 Å². The molecule has 2 saturated carbocycles. The summed E-state index contributed by atoms with van der Waals surface area (Å²) in [6.45, 7) is 4.23. The van der Waals surface area contributed by atoms with E-state index in [0.29, 0.717) is 21.4 Å². The minimum Gasteiger partial charge on any atom is -0.371 e. The predicted octanol–water partition coefficient (Wildman–Crippen LogP) is 8.46. The molecule has 7 rings (SSSR count). The van der Waals surface area contributed by atoms with E-state index in [1.165, 1.54) is 23.1 Å². The van der Waals surface area contributed by atoms with Crippen LogP contribution >= 0.6 is 23.2 Å². The summed E-state index contributed by atoms with van der Waals surface area (Å²) in [5.74, 6) is 1.45. The van der Waals surface area contributed by atoms with Crippen LogP contribution < -0.4 is 4.90 Å². The van der Waals surface area contributed by atoms with Gasteiger partial charge in [-0.05, 0) is 86.9 Å². The van der Waals surface area contributed by atoms with Crippen molar-refractivity contribution in [3.63, 3.8) is 0 Å². The number of rotatable bonds is 4. The van der Waals surface area contributed by atoms with Crippen LogP contribution in [0.3, 0.4) is 0 Å².